The summed E-state index contributed by atoms with van der Waals surface area (Å²) >= 11 is 5.97. The molecule has 0 aromatic heterocycles. The normalized spacial score (nSPS) is 10.6. The van der Waals surface area contributed by atoms with Gasteiger partial charge in [-0.2, -0.15) is 0 Å². The van der Waals surface area contributed by atoms with Gasteiger partial charge in [-0.3, -0.25) is 14.4 Å². The van der Waals surface area contributed by atoms with Gasteiger partial charge in [0.15, 0.2) is 0 Å². The van der Waals surface area contributed by atoms with Crippen LogP contribution in [0, 0.1) is 0 Å². The standard InChI is InChI=1S/C35H35ClN2O6/c1-3-43-34(40)20-25-9-16-32(42-2)31(19-25)30-15-14-29(38-35(41)26-10-12-28(36)13-11-26)21-27(30)22-37-18-17-33(39)44-23-24-7-5-4-6-8-24/h4-16,19,21,37H,3,17-18,20,22-23H2,1-2H3,(H,38,41). The van der Waals surface area contributed by atoms with Crippen molar-refractivity contribution < 1.29 is 28.6 Å². The molecular formula is C35H35ClN2O6. The Morgan fingerprint density at radius 1 is 0.795 bits per heavy atom. The molecule has 4 aromatic rings. The number of amides is 1. The summed E-state index contributed by atoms with van der Waals surface area (Å²) in [5, 5.41) is 6.80. The number of anilines is 1. The second kappa shape index (κ2) is 16.3. The van der Waals surface area contributed by atoms with Gasteiger partial charge < -0.3 is 24.8 Å². The van der Waals surface area contributed by atoms with Crippen LogP contribution in [0.15, 0.2) is 91.0 Å². The molecule has 44 heavy (non-hydrogen) atoms. The Morgan fingerprint density at radius 2 is 1.57 bits per heavy atom. The van der Waals surface area contributed by atoms with Crippen molar-refractivity contribution in [1.29, 1.82) is 0 Å². The van der Waals surface area contributed by atoms with Crippen molar-refractivity contribution in [2.45, 2.75) is 32.9 Å². The van der Waals surface area contributed by atoms with E-state index in [-0.39, 0.29) is 37.3 Å². The van der Waals surface area contributed by atoms with E-state index in [1.807, 2.05) is 66.7 Å². The number of ether oxygens (including phenoxy) is 3. The van der Waals surface area contributed by atoms with E-state index in [1.54, 1.807) is 38.3 Å². The van der Waals surface area contributed by atoms with E-state index in [1.165, 1.54) is 0 Å². The highest BCUT2D eigenvalue weighted by Crippen LogP contribution is 2.35. The average molecular weight is 615 g/mol. The molecule has 0 radical (unpaired) electrons. The van der Waals surface area contributed by atoms with E-state index in [0.717, 1.165) is 27.8 Å². The lowest BCUT2D eigenvalue weighted by atomic mass is 9.95. The van der Waals surface area contributed by atoms with Crippen LogP contribution < -0.4 is 15.4 Å². The number of benzene rings is 4. The molecule has 0 aliphatic heterocycles. The summed E-state index contributed by atoms with van der Waals surface area (Å²) in [6, 6.07) is 27.3. The molecule has 0 unspecified atom stereocenters. The Balaban J connectivity index is 1.53. The summed E-state index contributed by atoms with van der Waals surface area (Å²) in [6.07, 6.45) is 0.312. The summed E-state index contributed by atoms with van der Waals surface area (Å²) in [7, 11) is 1.59. The second-order valence-electron chi connectivity index (χ2n) is 9.92. The van der Waals surface area contributed by atoms with Gasteiger partial charge in [0.05, 0.1) is 26.6 Å². The number of carbonyl (C=O) groups is 3. The molecule has 0 heterocycles. The molecule has 4 rings (SSSR count). The Kier molecular flexibility index (Phi) is 11.9. The van der Waals surface area contributed by atoms with Crippen LogP contribution >= 0.6 is 11.6 Å². The van der Waals surface area contributed by atoms with Gasteiger partial charge in [-0.15, -0.1) is 0 Å². The van der Waals surface area contributed by atoms with Gasteiger partial charge in [0.1, 0.15) is 12.4 Å². The third kappa shape index (κ3) is 9.42. The van der Waals surface area contributed by atoms with Crippen LogP contribution in [0.1, 0.15) is 40.4 Å². The maximum absolute atomic E-state index is 12.9. The lowest BCUT2D eigenvalue weighted by Gasteiger charge is -2.17. The van der Waals surface area contributed by atoms with Crippen molar-refractivity contribution in [3.63, 3.8) is 0 Å². The Bertz CT molecular complexity index is 1570. The van der Waals surface area contributed by atoms with Gasteiger partial charge in [0, 0.05) is 34.9 Å². The van der Waals surface area contributed by atoms with Crippen LogP contribution in [0.2, 0.25) is 5.02 Å². The number of carbonyl (C=O) groups excluding carboxylic acids is 3. The molecule has 0 saturated heterocycles. The first-order valence-corrected chi connectivity index (χ1v) is 14.7. The van der Waals surface area contributed by atoms with Crippen LogP contribution in [-0.4, -0.2) is 38.1 Å². The predicted octanol–water partition coefficient (Wildman–Crippen LogP) is 6.60. The van der Waals surface area contributed by atoms with E-state index < -0.39 is 0 Å². The van der Waals surface area contributed by atoms with Crippen molar-refractivity contribution >= 4 is 35.1 Å². The Labute approximate surface area is 262 Å². The number of hydrogen-bond acceptors (Lipinski definition) is 7. The maximum Gasteiger partial charge on any atom is 0.310 e. The van der Waals surface area contributed by atoms with Crippen LogP contribution in [0.4, 0.5) is 5.69 Å². The maximum atomic E-state index is 12.9. The summed E-state index contributed by atoms with van der Waals surface area (Å²) < 4.78 is 16.2. The highest BCUT2D eigenvalue weighted by atomic mass is 35.5. The predicted molar refractivity (Wildman–Crippen MR) is 171 cm³/mol. The molecule has 0 aliphatic carbocycles. The van der Waals surface area contributed by atoms with Crippen LogP contribution in [0.5, 0.6) is 5.75 Å². The first-order chi connectivity index (χ1) is 21.4. The van der Waals surface area contributed by atoms with Crippen molar-refractivity contribution in [3.8, 4) is 16.9 Å². The highest BCUT2D eigenvalue weighted by molar-refractivity contribution is 6.30. The van der Waals surface area contributed by atoms with Crippen molar-refractivity contribution in [2.75, 3.05) is 25.6 Å². The zero-order chi connectivity index (χ0) is 31.3. The summed E-state index contributed by atoms with van der Waals surface area (Å²) in [5.41, 5.74) is 5.24. The first kappa shape index (κ1) is 32.3. The fraction of sp³-hybridized carbons (Fsp3) is 0.229. The lowest BCUT2D eigenvalue weighted by Crippen LogP contribution is -2.20. The van der Waals surface area contributed by atoms with Gasteiger partial charge >= 0.3 is 11.9 Å². The van der Waals surface area contributed by atoms with Crippen molar-refractivity contribution in [1.82, 2.24) is 5.32 Å². The average Bonchev–Trinajstić information content (AvgIpc) is 3.03. The quantitative estimate of drug-likeness (QED) is 0.122. The molecule has 0 bridgehead atoms. The molecule has 228 valence electrons. The molecule has 4 aromatic carbocycles. The summed E-state index contributed by atoms with van der Waals surface area (Å²) in [4.78, 5) is 37.4. The van der Waals surface area contributed by atoms with Crippen molar-refractivity contribution in [3.05, 3.63) is 118 Å². The smallest absolute Gasteiger partial charge is 0.310 e. The van der Waals surface area contributed by atoms with Gasteiger partial charge in [0.2, 0.25) is 0 Å². The third-order valence-electron chi connectivity index (χ3n) is 6.74. The minimum Gasteiger partial charge on any atom is -0.496 e. The minimum absolute atomic E-state index is 0.124. The molecule has 0 spiro atoms. The fourth-order valence-corrected chi connectivity index (χ4v) is 4.69. The number of esters is 2. The molecule has 0 aliphatic rings. The number of methoxy groups -OCH3 is 1. The van der Waals surface area contributed by atoms with Crippen LogP contribution in [-0.2, 0) is 38.6 Å². The Morgan fingerprint density at radius 3 is 2.30 bits per heavy atom. The van der Waals surface area contributed by atoms with E-state index in [9.17, 15) is 14.4 Å². The topological polar surface area (TPSA) is 103 Å². The van der Waals surface area contributed by atoms with Gasteiger partial charge in [0.25, 0.3) is 5.91 Å². The first-order valence-electron chi connectivity index (χ1n) is 14.3. The highest BCUT2D eigenvalue weighted by Gasteiger charge is 2.16. The molecule has 9 heteroatoms. The van der Waals surface area contributed by atoms with Gasteiger partial charge in [-0.05, 0) is 77.7 Å². The number of nitrogens with one attached hydrogen (secondary N) is 2. The SMILES string of the molecule is CCOC(=O)Cc1ccc(OC)c(-c2ccc(NC(=O)c3ccc(Cl)cc3)cc2CNCCC(=O)OCc2ccccc2)c1. The largest absolute Gasteiger partial charge is 0.496 e. The summed E-state index contributed by atoms with van der Waals surface area (Å²) in [6.45, 7) is 3.07. The lowest BCUT2D eigenvalue weighted by molar-refractivity contribution is -0.145. The Hall–Kier alpha value is -4.66. The van der Waals surface area contributed by atoms with E-state index in [4.69, 9.17) is 25.8 Å². The molecule has 1 amide bonds. The zero-order valence-electron chi connectivity index (χ0n) is 24.7. The monoisotopic (exact) mass is 614 g/mol. The van der Waals surface area contributed by atoms with Crippen LogP contribution in [0.3, 0.4) is 0 Å². The number of halogens is 1. The molecular weight excluding hydrogens is 580 g/mol. The van der Waals surface area contributed by atoms with Crippen LogP contribution in [0.25, 0.3) is 11.1 Å². The zero-order valence-corrected chi connectivity index (χ0v) is 25.5. The number of hydrogen-bond donors (Lipinski definition) is 2. The third-order valence-corrected chi connectivity index (χ3v) is 6.99. The second-order valence-corrected chi connectivity index (χ2v) is 10.4. The minimum atomic E-state index is -0.315. The van der Waals surface area contributed by atoms with E-state index in [0.29, 0.717) is 41.7 Å². The molecule has 0 atom stereocenters. The molecule has 2 N–H and O–H groups in total. The summed E-state index contributed by atoms with van der Waals surface area (Å²) in [5.74, 6) is -0.270. The fourth-order valence-electron chi connectivity index (χ4n) is 4.56. The van der Waals surface area contributed by atoms with E-state index >= 15 is 0 Å². The van der Waals surface area contributed by atoms with Gasteiger partial charge in [-0.25, -0.2) is 0 Å². The van der Waals surface area contributed by atoms with Crippen molar-refractivity contribution in [2.24, 2.45) is 0 Å². The van der Waals surface area contributed by atoms with E-state index in [2.05, 4.69) is 10.6 Å². The molecule has 0 fully saturated rings. The number of rotatable bonds is 14. The molecule has 0 saturated carbocycles. The molecule has 8 nitrogen and oxygen atoms in total. The van der Waals surface area contributed by atoms with Gasteiger partial charge in [-0.1, -0.05) is 54.1 Å².